The minimum atomic E-state index is 0.0828. The summed E-state index contributed by atoms with van der Waals surface area (Å²) < 4.78 is 10.7. The molecule has 0 bridgehead atoms. The van der Waals surface area contributed by atoms with Crippen molar-refractivity contribution in [1.29, 1.82) is 0 Å². The fraction of sp³-hybridized carbons (Fsp3) is 0.615. The van der Waals surface area contributed by atoms with Crippen LogP contribution >= 0.6 is 0 Å². The van der Waals surface area contributed by atoms with E-state index in [0.29, 0.717) is 25.5 Å². The molecule has 1 aromatic rings. The number of hydrogen-bond acceptors (Lipinski definition) is 3. The highest BCUT2D eigenvalue weighted by atomic mass is 16.5. The average Bonchev–Trinajstić information content (AvgIpc) is 2.99. The Morgan fingerprint density at radius 2 is 2.47 bits per heavy atom. The normalized spacial score (nSPS) is 19.4. The van der Waals surface area contributed by atoms with Crippen molar-refractivity contribution < 1.29 is 13.9 Å². The second-order valence-electron chi connectivity index (χ2n) is 4.35. The van der Waals surface area contributed by atoms with E-state index < -0.39 is 0 Å². The van der Waals surface area contributed by atoms with Crippen LogP contribution in [0, 0.1) is 0 Å². The first-order valence-electron chi connectivity index (χ1n) is 6.25. The Hall–Kier alpha value is -1.29. The lowest BCUT2D eigenvalue weighted by molar-refractivity contribution is -0.121. The number of amides is 1. The monoisotopic (exact) mass is 237 g/mol. The molecule has 0 spiro atoms. The number of carbonyl (C=O) groups is 1. The van der Waals surface area contributed by atoms with Gasteiger partial charge in [0.25, 0.3) is 0 Å². The average molecular weight is 237 g/mol. The van der Waals surface area contributed by atoms with Crippen molar-refractivity contribution >= 4 is 5.91 Å². The minimum Gasteiger partial charge on any atom is -0.469 e. The summed E-state index contributed by atoms with van der Waals surface area (Å²) >= 11 is 0. The van der Waals surface area contributed by atoms with Crippen molar-refractivity contribution in [3.8, 4) is 0 Å². The molecule has 94 valence electrons. The molecule has 1 amide bonds. The van der Waals surface area contributed by atoms with Gasteiger partial charge in [-0.15, -0.1) is 0 Å². The van der Waals surface area contributed by atoms with Crippen LogP contribution in [0.25, 0.3) is 0 Å². The van der Waals surface area contributed by atoms with Crippen molar-refractivity contribution in [3.05, 3.63) is 24.2 Å². The van der Waals surface area contributed by atoms with Gasteiger partial charge >= 0.3 is 0 Å². The van der Waals surface area contributed by atoms with Gasteiger partial charge in [-0.05, 0) is 31.4 Å². The zero-order valence-electron chi connectivity index (χ0n) is 9.98. The van der Waals surface area contributed by atoms with Gasteiger partial charge in [-0.1, -0.05) is 0 Å². The first-order valence-corrected chi connectivity index (χ1v) is 6.25. The van der Waals surface area contributed by atoms with E-state index in [9.17, 15) is 4.79 Å². The third-order valence-electron chi connectivity index (χ3n) is 2.99. The molecular formula is C13H19NO3. The topological polar surface area (TPSA) is 51.5 Å². The van der Waals surface area contributed by atoms with E-state index in [-0.39, 0.29) is 5.91 Å². The van der Waals surface area contributed by atoms with Crippen LogP contribution in [-0.2, 0) is 16.0 Å². The van der Waals surface area contributed by atoms with Crippen LogP contribution in [-0.4, -0.2) is 25.2 Å². The van der Waals surface area contributed by atoms with E-state index in [0.717, 1.165) is 31.6 Å². The molecule has 1 N–H and O–H groups in total. The van der Waals surface area contributed by atoms with Crippen molar-refractivity contribution in [3.63, 3.8) is 0 Å². The molecule has 0 aromatic carbocycles. The van der Waals surface area contributed by atoms with Crippen LogP contribution < -0.4 is 5.32 Å². The predicted molar refractivity (Wildman–Crippen MR) is 63.6 cm³/mol. The van der Waals surface area contributed by atoms with Crippen LogP contribution in [0.5, 0.6) is 0 Å². The van der Waals surface area contributed by atoms with Crippen LogP contribution in [0.2, 0.25) is 0 Å². The summed E-state index contributed by atoms with van der Waals surface area (Å²) in [5.74, 6) is 0.943. The van der Waals surface area contributed by atoms with Crippen molar-refractivity contribution in [2.24, 2.45) is 0 Å². The molecule has 1 atom stereocenters. The number of rotatable bonds is 6. The molecule has 4 heteroatoms. The third kappa shape index (κ3) is 4.23. The summed E-state index contributed by atoms with van der Waals surface area (Å²) in [6.45, 7) is 1.58. The molecule has 0 aliphatic carbocycles. The molecule has 17 heavy (non-hydrogen) atoms. The van der Waals surface area contributed by atoms with Gasteiger partial charge in [0.05, 0.1) is 12.4 Å². The highest BCUT2D eigenvalue weighted by Gasteiger charge is 2.15. The lowest BCUT2D eigenvalue weighted by atomic mass is 10.2. The molecule has 0 unspecified atom stereocenters. The molecule has 1 fully saturated rings. The van der Waals surface area contributed by atoms with E-state index >= 15 is 0 Å². The Bertz CT molecular complexity index is 328. The number of ether oxygens (including phenoxy) is 1. The molecule has 2 heterocycles. The van der Waals surface area contributed by atoms with E-state index in [2.05, 4.69) is 5.32 Å². The summed E-state index contributed by atoms with van der Waals surface area (Å²) in [6, 6.07) is 3.73. The second kappa shape index (κ2) is 6.45. The molecule has 1 saturated heterocycles. The van der Waals surface area contributed by atoms with Gasteiger partial charge < -0.3 is 14.5 Å². The number of hydrogen-bond donors (Lipinski definition) is 1. The predicted octanol–water partition coefficient (Wildman–Crippen LogP) is 1.90. The molecule has 0 radical (unpaired) electrons. The lowest BCUT2D eigenvalue weighted by Gasteiger charge is -2.09. The molecule has 4 nitrogen and oxygen atoms in total. The molecule has 1 aliphatic heterocycles. The fourth-order valence-corrected chi connectivity index (χ4v) is 2.02. The van der Waals surface area contributed by atoms with Crippen LogP contribution in [0.4, 0.5) is 0 Å². The maximum absolute atomic E-state index is 11.5. The smallest absolute Gasteiger partial charge is 0.220 e. The summed E-state index contributed by atoms with van der Waals surface area (Å²) in [6.07, 6.45) is 6.33. The summed E-state index contributed by atoms with van der Waals surface area (Å²) in [5, 5.41) is 2.91. The Labute approximate surface area is 101 Å². The molecule has 1 aromatic heterocycles. The largest absolute Gasteiger partial charge is 0.469 e. The van der Waals surface area contributed by atoms with Crippen LogP contribution in [0.3, 0.4) is 0 Å². The Kier molecular flexibility index (Phi) is 4.62. The van der Waals surface area contributed by atoms with E-state index in [1.807, 2.05) is 12.1 Å². The molecule has 0 saturated carbocycles. The first kappa shape index (κ1) is 12.2. The molecular weight excluding hydrogens is 218 g/mol. The Morgan fingerprint density at radius 3 is 3.18 bits per heavy atom. The third-order valence-corrected chi connectivity index (χ3v) is 2.99. The zero-order chi connectivity index (χ0) is 11.9. The number of carbonyl (C=O) groups excluding carboxylic acids is 1. The highest BCUT2D eigenvalue weighted by molar-refractivity contribution is 5.76. The van der Waals surface area contributed by atoms with Crippen LogP contribution in [0.15, 0.2) is 22.8 Å². The second-order valence-corrected chi connectivity index (χ2v) is 4.35. The fourth-order valence-electron chi connectivity index (χ4n) is 2.02. The van der Waals surface area contributed by atoms with Gasteiger partial charge in [-0.3, -0.25) is 4.79 Å². The molecule has 2 rings (SSSR count). The quantitative estimate of drug-likeness (QED) is 0.822. The number of aryl methyl sites for hydroxylation is 1. The lowest BCUT2D eigenvalue weighted by Crippen LogP contribution is -2.27. The van der Waals surface area contributed by atoms with Crippen molar-refractivity contribution in [2.45, 2.75) is 38.2 Å². The first-order chi connectivity index (χ1) is 8.34. The standard InChI is InChI=1S/C13H19NO3/c15-13(6-5-11-3-1-9-16-11)14-8-7-12-4-2-10-17-12/h1,3,9,12H,2,4-8,10H2,(H,14,15)/t12-/m0/s1. The summed E-state index contributed by atoms with van der Waals surface area (Å²) in [5.41, 5.74) is 0. The Morgan fingerprint density at radius 1 is 1.53 bits per heavy atom. The maximum Gasteiger partial charge on any atom is 0.220 e. The minimum absolute atomic E-state index is 0.0828. The maximum atomic E-state index is 11.5. The van der Waals surface area contributed by atoms with Gasteiger partial charge in [-0.25, -0.2) is 0 Å². The zero-order valence-corrected chi connectivity index (χ0v) is 9.98. The van der Waals surface area contributed by atoms with Gasteiger partial charge in [-0.2, -0.15) is 0 Å². The van der Waals surface area contributed by atoms with Gasteiger partial charge in [0, 0.05) is 26.0 Å². The van der Waals surface area contributed by atoms with Gasteiger partial charge in [0.1, 0.15) is 5.76 Å². The Balaban J connectivity index is 1.54. The SMILES string of the molecule is O=C(CCc1ccco1)NCC[C@@H]1CCCO1. The van der Waals surface area contributed by atoms with E-state index in [4.69, 9.17) is 9.15 Å². The van der Waals surface area contributed by atoms with Crippen molar-refractivity contribution in [1.82, 2.24) is 5.32 Å². The number of nitrogens with one attached hydrogen (secondary N) is 1. The van der Waals surface area contributed by atoms with Gasteiger partial charge in [0.2, 0.25) is 5.91 Å². The summed E-state index contributed by atoms with van der Waals surface area (Å²) in [4.78, 5) is 11.5. The van der Waals surface area contributed by atoms with E-state index in [1.165, 1.54) is 0 Å². The van der Waals surface area contributed by atoms with E-state index in [1.54, 1.807) is 6.26 Å². The van der Waals surface area contributed by atoms with Gasteiger partial charge in [0.15, 0.2) is 0 Å². The summed E-state index contributed by atoms with van der Waals surface area (Å²) in [7, 11) is 0. The molecule has 1 aliphatic rings. The highest BCUT2D eigenvalue weighted by Crippen LogP contribution is 2.14. The van der Waals surface area contributed by atoms with Crippen LogP contribution in [0.1, 0.15) is 31.4 Å². The van der Waals surface area contributed by atoms with Crippen molar-refractivity contribution in [2.75, 3.05) is 13.2 Å². The number of furan rings is 1.